The number of nitrogens with zero attached hydrogens (tertiary/aromatic N) is 1. The Balaban J connectivity index is 2.04. The van der Waals surface area contributed by atoms with Crippen LogP contribution < -0.4 is 0 Å². The summed E-state index contributed by atoms with van der Waals surface area (Å²) in [5.41, 5.74) is 1.17. The smallest absolute Gasteiger partial charge is 0.147 e. The number of rotatable bonds is 2. The highest BCUT2D eigenvalue weighted by Gasteiger charge is 2.17. The molecule has 1 saturated carbocycles. The molecule has 0 unspecified atom stereocenters. The molecule has 2 rings (SSSR count). The van der Waals surface area contributed by atoms with Crippen LogP contribution in [0.4, 0.5) is 0 Å². The predicted molar refractivity (Wildman–Crippen MR) is 59.6 cm³/mol. The highest BCUT2D eigenvalue weighted by molar-refractivity contribution is 9.08. The van der Waals surface area contributed by atoms with Gasteiger partial charge in [0.25, 0.3) is 0 Å². The maximum atomic E-state index is 5.21. The Labute approximate surface area is 93.2 Å². The van der Waals surface area contributed by atoms with Gasteiger partial charge in [0.1, 0.15) is 5.76 Å². The Morgan fingerprint density at radius 3 is 2.57 bits per heavy atom. The summed E-state index contributed by atoms with van der Waals surface area (Å²) in [6.07, 6.45) is 8.05. The van der Waals surface area contributed by atoms with E-state index in [1.165, 1.54) is 44.2 Å². The molecule has 1 heterocycles. The minimum absolute atomic E-state index is 0.647. The van der Waals surface area contributed by atoms with Gasteiger partial charge in [0.15, 0.2) is 0 Å². The second-order valence-corrected chi connectivity index (χ2v) is 4.60. The van der Waals surface area contributed by atoms with E-state index in [2.05, 4.69) is 27.2 Å². The van der Waals surface area contributed by atoms with E-state index in [0.717, 1.165) is 11.1 Å². The highest BCUT2D eigenvalue weighted by atomic mass is 79.9. The molecule has 14 heavy (non-hydrogen) atoms. The second kappa shape index (κ2) is 4.96. The van der Waals surface area contributed by atoms with Gasteiger partial charge in [-0.3, -0.25) is 0 Å². The summed E-state index contributed by atoms with van der Waals surface area (Å²) < 4.78 is 5.21. The Bertz CT molecular complexity index is 277. The van der Waals surface area contributed by atoms with Gasteiger partial charge in [-0.1, -0.05) is 46.8 Å². The average molecular weight is 258 g/mol. The van der Waals surface area contributed by atoms with Crippen molar-refractivity contribution in [1.29, 1.82) is 0 Å². The van der Waals surface area contributed by atoms with Crippen LogP contribution in [0.25, 0.3) is 0 Å². The summed E-state index contributed by atoms with van der Waals surface area (Å²) >= 11 is 3.38. The molecule has 0 N–H and O–H groups in total. The lowest BCUT2D eigenvalue weighted by Crippen LogP contribution is -1.96. The molecule has 2 nitrogen and oxygen atoms in total. The first-order valence-corrected chi connectivity index (χ1v) is 6.54. The summed E-state index contributed by atoms with van der Waals surface area (Å²) in [6.45, 7) is 0. The second-order valence-electron chi connectivity index (χ2n) is 4.04. The quantitative estimate of drug-likeness (QED) is 0.591. The zero-order chi connectivity index (χ0) is 9.80. The molecule has 1 aromatic rings. The zero-order valence-electron chi connectivity index (χ0n) is 8.34. The molecule has 3 heteroatoms. The molecular formula is C11H16BrNO. The first-order chi connectivity index (χ1) is 6.90. The van der Waals surface area contributed by atoms with E-state index >= 15 is 0 Å². The Morgan fingerprint density at radius 2 is 2.00 bits per heavy atom. The fraction of sp³-hybridized carbons (Fsp3) is 0.727. The normalized spacial score (nSPS) is 19.5. The van der Waals surface area contributed by atoms with Crippen molar-refractivity contribution in [1.82, 2.24) is 5.16 Å². The summed E-state index contributed by atoms with van der Waals surface area (Å²) in [4.78, 5) is 0. The van der Waals surface area contributed by atoms with E-state index in [1.54, 1.807) is 0 Å². The molecule has 1 aliphatic rings. The van der Waals surface area contributed by atoms with Crippen molar-refractivity contribution in [3.8, 4) is 0 Å². The van der Waals surface area contributed by atoms with Gasteiger partial charge in [-0.05, 0) is 12.8 Å². The number of aromatic nitrogens is 1. The van der Waals surface area contributed by atoms with Crippen LogP contribution in [0.2, 0.25) is 0 Å². The molecule has 0 atom stereocenters. The standard InChI is InChI=1S/C11H16BrNO/c12-8-10-7-11(13-14-10)9-5-3-1-2-4-6-9/h7,9H,1-6,8H2. The van der Waals surface area contributed by atoms with Crippen molar-refractivity contribution in [2.75, 3.05) is 0 Å². The van der Waals surface area contributed by atoms with Crippen molar-refractivity contribution in [2.24, 2.45) is 0 Å². The van der Waals surface area contributed by atoms with Crippen LogP contribution in [0, 0.1) is 0 Å². The molecule has 0 aromatic carbocycles. The van der Waals surface area contributed by atoms with Gasteiger partial charge < -0.3 is 4.52 Å². The Kier molecular flexibility index (Phi) is 3.62. The largest absolute Gasteiger partial charge is 0.360 e. The highest BCUT2D eigenvalue weighted by Crippen LogP contribution is 2.31. The topological polar surface area (TPSA) is 26.0 Å². The number of alkyl halides is 1. The van der Waals surface area contributed by atoms with Crippen LogP contribution in [-0.4, -0.2) is 5.16 Å². The summed E-state index contributed by atoms with van der Waals surface area (Å²) in [5, 5.41) is 4.92. The SMILES string of the molecule is BrCc1cc(C2CCCCCC2)no1. The van der Waals surface area contributed by atoms with E-state index in [4.69, 9.17) is 4.52 Å². The van der Waals surface area contributed by atoms with Crippen molar-refractivity contribution in [3.05, 3.63) is 17.5 Å². The van der Waals surface area contributed by atoms with Gasteiger partial charge in [0, 0.05) is 12.0 Å². The molecule has 0 bridgehead atoms. The van der Waals surface area contributed by atoms with E-state index in [9.17, 15) is 0 Å². The summed E-state index contributed by atoms with van der Waals surface area (Å²) in [6, 6.07) is 2.10. The fourth-order valence-corrected chi connectivity index (χ4v) is 2.42. The molecule has 78 valence electrons. The molecule has 1 aliphatic carbocycles. The first kappa shape index (κ1) is 10.2. The molecule has 0 aliphatic heterocycles. The molecule has 0 saturated heterocycles. The number of hydrogen-bond acceptors (Lipinski definition) is 2. The van der Waals surface area contributed by atoms with Gasteiger partial charge >= 0.3 is 0 Å². The van der Waals surface area contributed by atoms with Crippen LogP contribution in [0.1, 0.15) is 55.9 Å². The Hall–Kier alpha value is -0.310. The van der Waals surface area contributed by atoms with Crippen molar-refractivity contribution >= 4 is 15.9 Å². The van der Waals surface area contributed by atoms with Gasteiger partial charge in [0.2, 0.25) is 0 Å². The van der Waals surface area contributed by atoms with Crippen molar-refractivity contribution < 1.29 is 4.52 Å². The van der Waals surface area contributed by atoms with E-state index in [1.807, 2.05) is 0 Å². The fourth-order valence-electron chi connectivity index (χ4n) is 2.16. The monoisotopic (exact) mass is 257 g/mol. The molecular weight excluding hydrogens is 242 g/mol. The van der Waals surface area contributed by atoms with E-state index < -0.39 is 0 Å². The maximum Gasteiger partial charge on any atom is 0.147 e. The summed E-state index contributed by atoms with van der Waals surface area (Å²) in [5.74, 6) is 1.60. The summed E-state index contributed by atoms with van der Waals surface area (Å²) in [7, 11) is 0. The third-order valence-corrected chi connectivity index (χ3v) is 3.53. The molecule has 1 fully saturated rings. The minimum atomic E-state index is 0.647. The predicted octanol–water partition coefficient (Wildman–Crippen LogP) is 4.01. The van der Waals surface area contributed by atoms with Gasteiger partial charge in [-0.2, -0.15) is 0 Å². The van der Waals surface area contributed by atoms with Gasteiger partial charge in [-0.15, -0.1) is 0 Å². The lowest BCUT2D eigenvalue weighted by molar-refractivity contribution is 0.380. The van der Waals surface area contributed by atoms with Crippen LogP contribution >= 0.6 is 15.9 Å². The number of hydrogen-bond donors (Lipinski definition) is 0. The maximum absolute atomic E-state index is 5.21. The third-order valence-electron chi connectivity index (χ3n) is 2.98. The van der Waals surface area contributed by atoms with E-state index in [-0.39, 0.29) is 0 Å². The molecule has 1 aromatic heterocycles. The van der Waals surface area contributed by atoms with Crippen LogP contribution in [-0.2, 0) is 5.33 Å². The van der Waals surface area contributed by atoms with Crippen LogP contribution in [0.5, 0.6) is 0 Å². The van der Waals surface area contributed by atoms with Gasteiger partial charge in [-0.25, -0.2) is 0 Å². The minimum Gasteiger partial charge on any atom is -0.360 e. The number of halogens is 1. The first-order valence-electron chi connectivity index (χ1n) is 5.41. The third kappa shape index (κ3) is 2.38. The zero-order valence-corrected chi connectivity index (χ0v) is 9.92. The van der Waals surface area contributed by atoms with Crippen molar-refractivity contribution in [3.63, 3.8) is 0 Å². The molecule has 0 radical (unpaired) electrons. The van der Waals surface area contributed by atoms with E-state index in [0.29, 0.717) is 5.92 Å². The van der Waals surface area contributed by atoms with Crippen molar-refractivity contribution in [2.45, 2.75) is 49.8 Å². The van der Waals surface area contributed by atoms with Gasteiger partial charge in [0.05, 0.1) is 11.0 Å². The average Bonchev–Trinajstić information content (AvgIpc) is 2.53. The Morgan fingerprint density at radius 1 is 1.29 bits per heavy atom. The lowest BCUT2D eigenvalue weighted by atomic mass is 9.97. The van der Waals surface area contributed by atoms with Crippen LogP contribution in [0.15, 0.2) is 10.6 Å². The lowest BCUT2D eigenvalue weighted by Gasteiger charge is -2.08. The molecule has 0 amide bonds. The molecule has 0 spiro atoms. The van der Waals surface area contributed by atoms with Crippen LogP contribution in [0.3, 0.4) is 0 Å².